The molecule has 0 aliphatic carbocycles. The van der Waals surface area contributed by atoms with E-state index in [4.69, 9.17) is 0 Å². The molecule has 0 atom stereocenters. The van der Waals surface area contributed by atoms with E-state index in [-0.39, 0.29) is 4.90 Å². The highest BCUT2D eigenvalue weighted by atomic mass is 32.2. The second-order valence-electron chi connectivity index (χ2n) is 8.07. The van der Waals surface area contributed by atoms with E-state index in [1.807, 2.05) is 6.07 Å². The number of nitrogens with one attached hydrogen (secondary N) is 1. The van der Waals surface area contributed by atoms with Crippen LogP contribution >= 0.6 is 0 Å². The Morgan fingerprint density at radius 2 is 1.67 bits per heavy atom. The first-order valence-corrected chi connectivity index (χ1v) is 11.7. The first kappa shape index (κ1) is 18.9. The van der Waals surface area contributed by atoms with Crippen molar-refractivity contribution < 1.29 is 8.42 Å². The lowest BCUT2D eigenvalue weighted by molar-refractivity contribution is 0.156. The van der Waals surface area contributed by atoms with Gasteiger partial charge < -0.3 is 10.2 Å². The zero-order valence-corrected chi connectivity index (χ0v) is 16.8. The Labute approximate surface area is 162 Å². The molecule has 0 bridgehead atoms. The van der Waals surface area contributed by atoms with Gasteiger partial charge in [-0.05, 0) is 69.9 Å². The molecule has 148 valence electrons. The number of amidine groups is 1. The number of anilines is 1. The Morgan fingerprint density at radius 3 is 2.41 bits per heavy atom. The van der Waals surface area contributed by atoms with Crippen molar-refractivity contribution in [3.8, 4) is 0 Å². The van der Waals surface area contributed by atoms with Crippen LogP contribution in [0.25, 0.3) is 0 Å². The average molecular weight is 391 g/mol. The number of benzene rings is 1. The fourth-order valence-electron chi connectivity index (χ4n) is 4.46. The van der Waals surface area contributed by atoms with Crippen molar-refractivity contribution >= 4 is 21.5 Å². The number of piperidine rings is 1. The van der Waals surface area contributed by atoms with Crippen molar-refractivity contribution in [2.75, 3.05) is 44.6 Å². The van der Waals surface area contributed by atoms with Gasteiger partial charge in [0.05, 0.1) is 12.2 Å². The third-order valence-electron chi connectivity index (χ3n) is 5.97. The van der Waals surface area contributed by atoms with Gasteiger partial charge in [0, 0.05) is 6.54 Å². The molecule has 3 heterocycles. The predicted molar refractivity (Wildman–Crippen MR) is 109 cm³/mol. The molecule has 0 unspecified atom stereocenters. The Balaban J connectivity index is 1.30. The molecule has 3 aliphatic heterocycles. The van der Waals surface area contributed by atoms with Crippen molar-refractivity contribution in [1.82, 2.24) is 9.80 Å². The molecule has 6 nitrogen and oxygen atoms in total. The van der Waals surface area contributed by atoms with Crippen LogP contribution in [0.1, 0.15) is 38.5 Å². The summed E-state index contributed by atoms with van der Waals surface area (Å²) >= 11 is 0. The topological polar surface area (TPSA) is 65.0 Å². The summed E-state index contributed by atoms with van der Waals surface area (Å²) in [6.45, 7) is 6.36. The molecule has 0 radical (unpaired) electrons. The van der Waals surface area contributed by atoms with Gasteiger partial charge in [0.1, 0.15) is 10.7 Å². The lowest BCUT2D eigenvalue weighted by Gasteiger charge is -2.35. The van der Waals surface area contributed by atoms with E-state index in [0.29, 0.717) is 18.1 Å². The zero-order chi connectivity index (χ0) is 18.7. The molecule has 2 fully saturated rings. The molecule has 2 saturated heterocycles. The van der Waals surface area contributed by atoms with Gasteiger partial charge in [-0.15, -0.1) is 4.40 Å². The summed E-state index contributed by atoms with van der Waals surface area (Å²) in [6, 6.07) is 6.98. The van der Waals surface area contributed by atoms with Crippen LogP contribution in [0.15, 0.2) is 33.6 Å². The highest BCUT2D eigenvalue weighted by Crippen LogP contribution is 2.27. The number of hydrogen-bond donors (Lipinski definition) is 1. The molecule has 0 spiro atoms. The predicted octanol–water partition coefficient (Wildman–Crippen LogP) is 2.79. The van der Waals surface area contributed by atoms with E-state index in [1.165, 1.54) is 58.2 Å². The lowest BCUT2D eigenvalue weighted by atomic mass is 9.96. The standard InChI is InChI=1S/C20H30N4O2S/c25-27(26)19-8-4-3-7-18(19)21-20(22-27)16-24-13-9-17(10-14-24)15-23-11-5-1-2-6-12-23/h3-4,7-8,17H,1-2,5-6,9-16H2,(H,21,22). The van der Waals surface area contributed by atoms with Crippen LogP contribution < -0.4 is 5.32 Å². The molecule has 0 aromatic heterocycles. The molecule has 4 rings (SSSR count). The Morgan fingerprint density at radius 1 is 0.963 bits per heavy atom. The molecular formula is C20H30N4O2S. The van der Waals surface area contributed by atoms with Gasteiger partial charge in [-0.1, -0.05) is 25.0 Å². The Kier molecular flexibility index (Phi) is 5.80. The number of para-hydroxylation sites is 1. The van der Waals surface area contributed by atoms with Crippen LogP contribution in [-0.2, 0) is 10.0 Å². The summed E-state index contributed by atoms with van der Waals surface area (Å²) in [7, 11) is -3.58. The number of likely N-dealkylation sites (tertiary alicyclic amines) is 2. The fourth-order valence-corrected chi connectivity index (χ4v) is 5.60. The van der Waals surface area contributed by atoms with Gasteiger partial charge in [-0.2, -0.15) is 8.42 Å². The van der Waals surface area contributed by atoms with E-state index in [0.717, 1.165) is 19.0 Å². The third-order valence-corrected chi connectivity index (χ3v) is 7.34. The molecule has 7 heteroatoms. The Bertz CT molecular complexity index is 777. The minimum absolute atomic E-state index is 0.268. The molecular weight excluding hydrogens is 360 g/mol. The van der Waals surface area contributed by atoms with Crippen LogP contribution in [0, 0.1) is 5.92 Å². The van der Waals surface area contributed by atoms with Gasteiger partial charge in [0.25, 0.3) is 10.0 Å². The molecule has 0 amide bonds. The van der Waals surface area contributed by atoms with Crippen molar-refractivity contribution in [2.45, 2.75) is 43.4 Å². The van der Waals surface area contributed by atoms with Crippen LogP contribution in [-0.4, -0.2) is 63.3 Å². The SMILES string of the molecule is O=S1(=O)N=C(CN2CCC(CN3CCCCCC3)CC2)Nc2ccccc21. The second kappa shape index (κ2) is 8.29. The molecule has 3 aliphatic rings. The maximum absolute atomic E-state index is 12.4. The maximum atomic E-state index is 12.4. The highest BCUT2D eigenvalue weighted by Gasteiger charge is 2.27. The lowest BCUT2D eigenvalue weighted by Crippen LogP contribution is -2.42. The second-order valence-corrected chi connectivity index (χ2v) is 9.64. The van der Waals surface area contributed by atoms with E-state index in [1.54, 1.807) is 18.2 Å². The van der Waals surface area contributed by atoms with Crippen LogP contribution in [0.3, 0.4) is 0 Å². The van der Waals surface area contributed by atoms with Crippen molar-refractivity contribution in [3.05, 3.63) is 24.3 Å². The van der Waals surface area contributed by atoms with Crippen LogP contribution in [0.4, 0.5) is 5.69 Å². The molecule has 1 N–H and O–H groups in total. The van der Waals surface area contributed by atoms with Crippen molar-refractivity contribution in [2.24, 2.45) is 10.3 Å². The summed E-state index contributed by atoms with van der Waals surface area (Å²) in [5.41, 5.74) is 0.638. The molecule has 1 aromatic rings. The quantitative estimate of drug-likeness (QED) is 0.856. The van der Waals surface area contributed by atoms with Gasteiger partial charge in [0.15, 0.2) is 0 Å². The van der Waals surface area contributed by atoms with Crippen molar-refractivity contribution in [1.29, 1.82) is 0 Å². The minimum Gasteiger partial charge on any atom is -0.341 e. The molecule has 0 saturated carbocycles. The largest absolute Gasteiger partial charge is 0.341 e. The molecule has 27 heavy (non-hydrogen) atoms. The van der Waals surface area contributed by atoms with Crippen molar-refractivity contribution in [3.63, 3.8) is 0 Å². The smallest absolute Gasteiger partial charge is 0.286 e. The van der Waals surface area contributed by atoms with Gasteiger partial charge in [-0.25, -0.2) is 0 Å². The van der Waals surface area contributed by atoms with E-state index < -0.39 is 10.0 Å². The van der Waals surface area contributed by atoms with Crippen LogP contribution in [0.5, 0.6) is 0 Å². The summed E-state index contributed by atoms with van der Waals surface area (Å²) < 4.78 is 28.8. The fraction of sp³-hybridized carbons (Fsp3) is 0.650. The Hall–Kier alpha value is -1.44. The third kappa shape index (κ3) is 4.70. The average Bonchev–Trinajstić information content (AvgIpc) is 2.92. The number of hydrogen-bond acceptors (Lipinski definition) is 5. The summed E-state index contributed by atoms with van der Waals surface area (Å²) in [5, 5.41) is 3.20. The summed E-state index contributed by atoms with van der Waals surface area (Å²) in [4.78, 5) is 5.25. The van der Waals surface area contributed by atoms with E-state index in [2.05, 4.69) is 19.5 Å². The maximum Gasteiger partial charge on any atom is 0.286 e. The van der Waals surface area contributed by atoms with Gasteiger partial charge >= 0.3 is 0 Å². The van der Waals surface area contributed by atoms with E-state index in [9.17, 15) is 8.42 Å². The molecule has 1 aromatic carbocycles. The summed E-state index contributed by atoms with van der Waals surface area (Å²) in [6.07, 6.45) is 7.84. The number of fused-ring (bicyclic) bond motifs is 1. The van der Waals surface area contributed by atoms with Gasteiger partial charge in [0.2, 0.25) is 0 Å². The first-order chi connectivity index (χ1) is 13.1. The monoisotopic (exact) mass is 390 g/mol. The number of sulfonamides is 1. The zero-order valence-electron chi connectivity index (χ0n) is 15.9. The van der Waals surface area contributed by atoms with E-state index >= 15 is 0 Å². The highest BCUT2D eigenvalue weighted by molar-refractivity contribution is 7.90. The minimum atomic E-state index is -3.58. The number of nitrogens with zero attached hydrogens (tertiary/aromatic N) is 3. The van der Waals surface area contributed by atoms with Gasteiger partial charge in [-0.3, -0.25) is 4.90 Å². The number of rotatable bonds is 4. The first-order valence-electron chi connectivity index (χ1n) is 10.2. The normalized spacial score (nSPS) is 24.5. The van der Waals surface area contributed by atoms with Crippen LogP contribution in [0.2, 0.25) is 0 Å². The summed E-state index contributed by atoms with van der Waals surface area (Å²) in [5.74, 6) is 1.31.